The van der Waals surface area contributed by atoms with Gasteiger partial charge in [0.05, 0.1) is 31.3 Å². The first-order chi connectivity index (χ1) is 16.3. The first-order valence-electron chi connectivity index (χ1n) is 10.5. The van der Waals surface area contributed by atoms with Crippen LogP contribution in [0.2, 0.25) is 0 Å². The van der Waals surface area contributed by atoms with Crippen molar-refractivity contribution in [1.29, 1.82) is 5.26 Å². The van der Waals surface area contributed by atoms with Gasteiger partial charge in [-0.2, -0.15) is 5.26 Å². The topological polar surface area (TPSA) is 143 Å². The highest BCUT2D eigenvalue weighted by Crippen LogP contribution is 2.22. The minimum atomic E-state index is -1.00. The molecule has 0 radical (unpaired) electrons. The predicted molar refractivity (Wildman–Crippen MR) is 126 cm³/mol. The van der Waals surface area contributed by atoms with Gasteiger partial charge < -0.3 is 15.2 Å². The average molecular weight is 463 g/mol. The maximum atomic E-state index is 13.5. The number of anilines is 2. The fourth-order valence-corrected chi connectivity index (χ4v) is 3.36. The molecule has 0 aliphatic heterocycles. The van der Waals surface area contributed by atoms with E-state index in [-0.39, 0.29) is 31.2 Å². The summed E-state index contributed by atoms with van der Waals surface area (Å²) in [5.74, 6) is -0.311. The van der Waals surface area contributed by atoms with Crippen LogP contribution in [0.3, 0.4) is 0 Å². The number of amides is 1. The number of nitrogens with two attached hydrogens (primary N) is 1. The minimum absolute atomic E-state index is 0.0243. The largest absolute Gasteiger partial charge is 0.481 e. The summed E-state index contributed by atoms with van der Waals surface area (Å²) < 4.78 is 11.9. The highest BCUT2D eigenvalue weighted by Gasteiger charge is 2.29. The summed E-state index contributed by atoms with van der Waals surface area (Å²) in [6, 6.07) is 17.4. The number of hydrogen-bond donors (Lipinski definition) is 2. The lowest BCUT2D eigenvalue weighted by atomic mass is 10.2. The van der Waals surface area contributed by atoms with Crippen molar-refractivity contribution in [3.05, 3.63) is 86.6 Å². The van der Waals surface area contributed by atoms with Crippen LogP contribution >= 0.6 is 0 Å². The molecule has 0 aliphatic carbocycles. The number of aromatic nitrogens is 2. The number of H-pyrrole nitrogens is 1. The van der Waals surface area contributed by atoms with Crippen LogP contribution in [0.1, 0.15) is 18.1 Å². The third kappa shape index (κ3) is 5.51. The SMILES string of the molecule is COCCn1c(N)c(N(Cc2ccccc2)C(=O)[C@H](C)Oc2ccc(C#N)cc2)c(=O)[nH]c1=O. The Morgan fingerprint density at radius 2 is 1.85 bits per heavy atom. The number of rotatable bonds is 9. The van der Waals surface area contributed by atoms with Crippen LogP contribution in [0, 0.1) is 11.3 Å². The number of hydrogen-bond acceptors (Lipinski definition) is 7. The molecule has 0 aliphatic rings. The molecule has 3 rings (SSSR count). The lowest BCUT2D eigenvalue weighted by Gasteiger charge is -2.27. The van der Waals surface area contributed by atoms with Crippen LogP contribution in [0.4, 0.5) is 11.5 Å². The molecule has 10 heteroatoms. The number of nitriles is 1. The molecule has 0 bridgehead atoms. The fourth-order valence-electron chi connectivity index (χ4n) is 3.36. The lowest BCUT2D eigenvalue weighted by molar-refractivity contribution is -0.124. The molecular formula is C24H25N5O5. The molecule has 34 heavy (non-hydrogen) atoms. The normalized spacial score (nSPS) is 11.4. The van der Waals surface area contributed by atoms with Crippen LogP contribution in [-0.4, -0.2) is 35.3 Å². The highest BCUT2D eigenvalue weighted by atomic mass is 16.5. The van der Waals surface area contributed by atoms with Crippen LogP contribution in [0.25, 0.3) is 0 Å². The van der Waals surface area contributed by atoms with Gasteiger partial charge in [-0.1, -0.05) is 30.3 Å². The Labute approximate surface area is 195 Å². The molecule has 2 aromatic carbocycles. The third-order valence-electron chi connectivity index (χ3n) is 5.10. The second-order valence-corrected chi connectivity index (χ2v) is 7.44. The average Bonchev–Trinajstić information content (AvgIpc) is 2.83. The molecular weight excluding hydrogens is 438 g/mol. The minimum Gasteiger partial charge on any atom is -0.481 e. The van der Waals surface area contributed by atoms with Gasteiger partial charge in [0.25, 0.3) is 11.5 Å². The quantitative estimate of drug-likeness (QED) is 0.491. The summed E-state index contributed by atoms with van der Waals surface area (Å²) in [7, 11) is 1.47. The van der Waals surface area contributed by atoms with Gasteiger partial charge in [0.15, 0.2) is 11.8 Å². The van der Waals surface area contributed by atoms with Crippen molar-refractivity contribution in [2.24, 2.45) is 0 Å². The number of nitrogen functional groups attached to an aromatic ring is 1. The van der Waals surface area contributed by atoms with E-state index in [1.807, 2.05) is 24.3 Å². The molecule has 0 fully saturated rings. The second kappa shape index (κ2) is 11.0. The van der Waals surface area contributed by atoms with Gasteiger partial charge in [0.2, 0.25) is 0 Å². The van der Waals surface area contributed by atoms with E-state index >= 15 is 0 Å². The lowest BCUT2D eigenvalue weighted by Crippen LogP contribution is -2.45. The van der Waals surface area contributed by atoms with Crippen molar-refractivity contribution in [1.82, 2.24) is 9.55 Å². The van der Waals surface area contributed by atoms with Gasteiger partial charge in [-0.15, -0.1) is 0 Å². The van der Waals surface area contributed by atoms with E-state index < -0.39 is 23.3 Å². The number of aromatic amines is 1. The maximum absolute atomic E-state index is 13.5. The van der Waals surface area contributed by atoms with Gasteiger partial charge in [0, 0.05) is 7.11 Å². The van der Waals surface area contributed by atoms with Gasteiger partial charge in [-0.25, -0.2) is 4.79 Å². The third-order valence-corrected chi connectivity index (χ3v) is 5.10. The molecule has 0 spiro atoms. The summed E-state index contributed by atoms with van der Waals surface area (Å²) in [6.45, 7) is 1.84. The van der Waals surface area contributed by atoms with Gasteiger partial charge in [-0.05, 0) is 36.8 Å². The van der Waals surface area contributed by atoms with E-state index in [2.05, 4.69) is 4.98 Å². The van der Waals surface area contributed by atoms with E-state index in [1.54, 1.807) is 43.3 Å². The zero-order valence-corrected chi connectivity index (χ0v) is 18.9. The molecule has 1 amide bonds. The maximum Gasteiger partial charge on any atom is 0.330 e. The molecule has 0 saturated heterocycles. The highest BCUT2D eigenvalue weighted by molar-refractivity contribution is 5.98. The van der Waals surface area contributed by atoms with Gasteiger partial charge in [-0.3, -0.25) is 24.0 Å². The van der Waals surface area contributed by atoms with Crippen molar-refractivity contribution >= 4 is 17.4 Å². The van der Waals surface area contributed by atoms with Crippen LogP contribution in [-0.2, 0) is 22.6 Å². The molecule has 1 aromatic heterocycles. The monoisotopic (exact) mass is 463 g/mol. The molecule has 0 unspecified atom stereocenters. The summed E-state index contributed by atoms with van der Waals surface area (Å²) in [6.07, 6.45) is -1.00. The van der Waals surface area contributed by atoms with E-state index in [9.17, 15) is 14.4 Å². The Balaban J connectivity index is 2.01. The molecule has 0 saturated carbocycles. The van der Waals surface area contributed by atoms with E-state index in [1.165, 1.54) is 12.0 Å². The Hall–Kier alpha value is -4.36. The smallest absolute Gasteiger partial charge is 0.330 e. The van der Waals surface area contributed by atoms with Gasteiger partial charge in [0.1, 0.15) is 11.6 Å². The Morgan fingerprint density at radius 3 is 2.47 bits per heavy atom. The fraction of sp³-hybridized carbons (Fsp3) is 0.250. The van der Waals surface area contributed by atoms with Crippen LogP contribution < -0.4 is 26.6 Å². The molecule has 10 nitrogen and oxygen atoms in total. The number of nitrogens with one attached hydrogen (secondary N) is 1. The summed E-state index contributed by atoms with van der Waals surface area (Å²) in [4.78, 5) is 42.1. The first kappa shape index (κ1) is 24.3. The summed E-state index contributed by atoms with van der Waals surface area (Å²) in [5.41, 5.74) is 5.79. The number of ether oxygens (including phenoxy) is 2. The second-order valence-electron chi connectivity index (χ2n) is 7.44. The predicted octanol–water partition coefficient (Wildman–Crippen LogP) is 1.64. The van der Waals surface area contributed by atoms with E-state index in [4.69, 9.17) is 20.5 Å². The standard InChI is InChI=1S/C24H25N5O5/c1-16(34-19-10-8-17(14-25)9-11-19)23(31)29(15-18-6-4-3-5-7-18)20-21(26)28(12-13-33-2)24(32)27-22(20)30/h3-11,16H,12-13,15,26H2,1-2H3,(H,27,30,32)/t16-/m0/s1. The zero-order chi connectivity index (χ0) is 24.7. The van der Waals surface area contributed by atoms with Crippen LogP contribution in [0.5, 0.6) is 5.75 Å². The molecule has 3 N–H and O–H groups in total. The van der Waals surface area contributed by atoms with Crippen molar-refractivity contribution in [3.8, 4) is 11.8 Å². The van der Waals surface area contributed by atoms with Crippen molar-refractivity contribution in [2.45, 2.75) is 26.1 Å². The molecule has 176 valence electrons. The number of carbonyl (C=O) groups is 1. The van der Waals surface area contributed by atoms with Gasteiger partial charge >= 0.3 is 5.69 Å². The van der Waals surface area contributed by atoms with Crippen molar-refractivity contribution < 1.29 is 14.3 Å². The first-order valence-corrected chi connectivity index (χ1v) is 10.5. The van der Waals surface area contributed by atoms with E-state index in [0.717, 1.165) is 10.1 Å². The Bertz CT molecular complexity index is 1290. The molecule has 1 heterocycles. The number of benzene rings is 2. The van der Waals surface area contributed by atoms with Crippen LogP contribution in [0.15, 0.2) is 64.2 Å². The Kier molecular flexibility index (Phi) is 7.84. The Morgan fingerprint density at radius 1 is 1.18 bits per heavy atom. The van der Waals surface area contributed by atoms with Crippen molar-refractivity contribution in [2.75, 3.05) is 24.4 Å². The number of nitrogens with zero attached hydrogens (tertiary/aromatic N) is 3. The van der Waals surface area contributed by atoms with Crippen molar-refractivity contribution in [3.63, 3.8) is 0 Å². The summed E-state index contributed by atoms with van der Waals surface area (Å²) >= 11 is 0. The zero-order valence-electron chi connectivity index (χ0n) is 18.9. The summed E-state index contributed by atoms with van der Waals surface area (Å²) in [5, 5.41) is 8.96. The molecule has 3 aromatic rings. The number of carbonyl (C=O) groups excluding carboxylic acids is 1. The molecule has 1 atom stereocenters. The number of methoxy groups -OCH3 is 1. The van der Waals surface area contributed by atoms with E-state index in [0.29, 0.717) is 11.3 Å².